The molecule has 0 saturated heterocycles. The van der Waals surface area contributed by atoms with Gasteiger partial charge in [0, 0.05) is 7.26 Å². The largest absolute Gasteiger partial charge is 0.389 e. The van der Waals surface area contributed by atoms with Crippen LogP contribution in [0.25, 0.3) is 0 Å². The van der Waals surface area contributed by atoms with Gasteiger partial charge in [0.2, 0.25) is 0 Å². The highest BCUT2D eigenvalue weighted by atomic mass is 31.2. The minimum atomic E-state index is -0.971. The van der Waals surface area contributed by atoms with Crippen molar-refractivity contribution in [2.75, 3.05) is 24.6 Å². The van der Waals surface area contributed by atoms with E-state index in [9.17, 15) is 5.11 Å². The molecular formula is C30H64OP+. The second kappa shape index (κ2) is 24.5. The van der Waals surface area contributed by atoms with E-state index in [1.807, 2.05) is 0 Å². The Labute approximate surface area is 205 Å². The lowest BCUT2D eigenvalue weighted by atomic mass is 10.1. The van der Waals surface area contributed by atoms with Crippen molar-refractivity contribution in [2.24, 2.45) is 0 Å². The summed E-state index contributed by atoms with van der Waals surface area (Å²) < 4.78 is 0. The SMILES string of the molecule is CCCCCCCCCC[P+](CC)(CCCCCCCC)CC(O)CCCCCCCC. The maximum absolute atomic E-state index is 10.9. The fourth-order valence-electron chi connectivity index (χ4n) is 5.25. The molecule has 32 heavy (non-hydrogen) atoms. The summed E-state index contributed by atoms with van der Waals surface area (Å²) in [7, 11) is -0.971. The van der Waals surface area contributed by atoms with Crippen LogP contribution in [0, 0.1) is 0 Å². The molecule has 2 unspecified atom stereocenters. The Morgan fingerprint density at radius 2 is 0.812 bits per heavy atom. The van der Waals surface area contributed by atoms with Gasteiger partial charge in [-0.05, 0) is 39.0 Å². The minimum Gasteiger partial charge on any atom is -0.389 e. The summed E-state index contributed by atoms with van der Waals surface area (Å²) in [5.41, 5.74) is 0. The van der Waals surface area contributed by atoms with Gasteiger partial charge in [0.25, 0.3) is 0 Å². The lowest BCUT2D eigenvalue weighted by Crippen LogP contribution is -2.21. The predicted octanol–water partition coefficient (Wildman–Crippen LogP) is 10.6. The summed E-state index contributed by atoms with van der Waals surface area (Å²) in [6.07, 6.45) is 34.3. The fourth-order valence-corrected chi connectivity index (χ4v) is 9.59. The van der Waals surface area contributed by atoms with Gasteiger partial charge in [0.15, 0.2) is 0 Å². The zero-order valence-electron chi connectivity index (χ0n) is 23.1. The molecule has 0 aromatic carbocycles. The van der Waals surface area contributed by atoms with Gasteiger partial charge in [0.05, 0.1) is 30.8 Å². The molecule has 0 aliphatic rings. The molecule has 2 heteroatoms. The summed E-state index contributed by atoms with van der Waals surface area (Å²) in [5, 5.41) is 10.9. The monoisotopic (exact) mass is 471 g/mol. The van der Waals surface area contributed by atoms with Gasteiger partial charge in [0.1, 0.15) is 0 Å². The third-order valence-electron chi connectivity index (χ3n) is 7.63. The smallest absolute Gasteiger partial charge is 0.0875 e. The number of aliphatic hydroxyl groups excluding tert-OH is 1. The average Bonchev–Trinajstić information content (AvgIpc) is 2.80. The fraction of sp³-hybridized carbons (Fsp3) is 1.00. The molecule has 0 heterocycles. The van der Waals surface area contributed by atoms with Crippen LogP contribution in [-0.2, 0) is 0 Å². The van der Waals surface area contributed by atoms with Crippen LogP contribution in [-0.4, -0.2) is 35.9 Å². The van der Waals surface area contributed by atoms with Crippen LogP contribution in [0.15, 0.2) is 0 Å². The van der Waals surface area contributed by atoms with E-state index in [1.54, 1.807) is 0 Å². The highest BCUT2D eigenvalue weighted by Gasteiger charge is 2.36. The second-order valence-electron chi connectivity index (χ2n) is 10.7. The van der Waals surface area contributed by atoms with Crippen molar-refractivity contribution in [2.45, 2.75) is 169 Å². The van der Waals surface area contributed by atoms with Crippen LogP contribution in [0.1, 0.15) is 163 Å². The van der Waals surface area contributed by atoms with Gasteiger partial charge < -0.3 is 5.11 Å². The highest BCUT2D eigenvalue weighted by Crippen LogP contribution is 2.60. The lowest BCUT2D eigenvalue weighted by Gasteiger charge is -2.29. The van der Waals surface area contributed by atoms with Gasteiger partial charge in [-0.3, -0.25) is 0 Å². The van der Waals surface area contributed by atoms with E-state index < -0.39 is 7.26 Å². The molecule has 0 aliphatic heterocycles. The third-order valence-corrected chi connectivity index (χ3v) is 12.7. The molecule has 0 radical (unpaired) electrons. The van der Waals surface area contributed by atoms with Crippen LogP contribution in [0.3, 0.4) is 0 Å². The topological polar surface area (TPSA) is 20.2 Å². The van der Waals surface area contributed by atoms with Gasteiger partial charge in [-0.25, -0.2) is 0 Å². The Bertz CT molecular complexity index is 359. The maximum atomic E-state index is 10.9. The first-order chi connectivity index (χ1) is 15.6. The molecule has 0 spiro atoms. The van der Waals surface area contributed by atoms with E-state index in [4.69, 9.17) is 0 Å². The van der Waals surface area contributed by atoms with Crippen LogP contribution in [0.4, 0.5) is 0 Å². The number of hydrogen-bond donors (Lipinski definition) is 1. The number of hydrogen-bond acceptors (Lipinski definition) is 1. The zero-order chi connectivity index (χ0) is 23.8. The van der Waals surface area contributed by atoms with E-state index in [2.05, 4.69) is 27.7 Å². The first kappa shape index (κ1) is 32.4. The average molecular weight is 472 g/mol. The molecule has 0 rings (SSSR count). The third kappa shape index (κ3) is 19.8. The summed E-state index contributed by atoms with van der Waals surface area (Å²) in [4.78, 5) is 0. The number of aliphatic hydroxyl groups is 1. The summed E-state index contributed by atoms with van der Waals surface area (Å²) >= 11 is 0. The summed E-state index contributed by atoms with van der Waals surface area (Å²) in [6, 6.07) is 0. The molecular weight excluding hydrogens is 407 g/mol. The van der Waals surface area contributed by atoms with E-state index in [-0.39, 0.29) is 6.10 Å². The number of unbranched alkanes of at least 4 members (excludes halogenated alkanes) is 17. The molecule has 0 aromatic rings. The van der Waals surface area contributed by atoms with Crippen molar-refractivity contribution in [1.29, 1.82) is 0 Å². The maximum Gasteiger partial charge on any atom is 0.0875 e. The van der Waals surface area contributed by atoms with E-state index in [0.717, 1.165) is 6.42 Å². The van der Waals surface area contributed by atoms with Crippen molar-refractivity contribution in [1.82, 2.24) is 0 Å². The summed E-state index contributed by atoms with van der Waals surface area (Å²) in [6.45, 7) is 9.35. The molecule has 0 bridgehead atoms. The highest BCUT2D eigenvalue weighted by molar-refractivity contribution is 7.75. The molecule has 0 saturated carbocycles. The molecule has 0 fully saturated rings. The lowest BCUT2D eigenvalue weighted by molar-refractivity contribution is 0.183. The van der Waals surface area contributed by atoms with Crippen molar-refractivity contribution < 1.29 is 5.11 Å². The van der Waals surface area contributed by atoms with Crippen molar-refractivity contribution >= 4 is 7.26 Å². The Morgan fingerprint density at radius 1 is 0.469 bits per heavy atom. The van der Waals surface area contributed by atoms with Gasteiger partial charge in [-0.1, -0.05) is 124 Å². The van der Waals surface area contributed by atoms with E-state index >= 15 is 0 Å². The molecule has 0 amide bonds. The number of rotatable bonds is 26. The first-order valence-corrected chi connectivity index (χ1v) is 17.7. The van der Waals surface area contributed by atoms with Crippen LogP contribution < -0.4 is 0 Å². The van der Waals surface area contributed by atoms with Gasteiger partial charge in [-0.15, -0.1) is 0 Å². The predicted molar refractivity (Wildman–Crippen MR) is 152 cm³/mol. The molecule has 1 nitrogen and oxygen atoms in total. The Balaban J connectivity index is 4.40. The molecule has 1 N–H and O–H groups in total. The standard InChI is InChI=1S/C30H64OP/c1-5-9-12-15-18-19-22-25-28-32(8-4,27-24-21-17-14-11-7-3)29-30(31)26-23-20-16-13-10-6-2/h30-31H,5-29H2,1-4H3/q+1. The molecule has 0 aliphatic carbocycles. The Hall–Kier alpha value is 0.390. The normalized spacial score (nSPS) is 14.5. The zero-order valence-corrected chi connectivity index (χ0v) is 24.0. The Morgan fingerprint density at radius 3 is 1.19 bits per heavy atom. The quantitative estimate of drug-likeness (QED) is 0.0982. The van der Waals surface area contributed by atoms with Crippen LogP contribution >= 0.6 is 7.26 Å². The molecule has 194 valence electrons. The Kier molecular flexibility index (Phi) is 24.8. The van der Waals surface area contributed by atoms with E-state index in [0.29, 0.717) is 0 Å². The van der Waals surface area contributed by atoms with Crippen molar-refractivity contribution in [3.8, 4) is 0 Å². The minimum absolute atomic E-state index is 0.0245. The van der Waals surface area contributed by atoms with Crippen LogP contribution in [0.5, 0.6) is 0 Å². The van der Waals surface area contributed by atoms with Crippen LogP contribution in [0.2, 0.25) is 0 Å². The first-order valence-electron chi connectivity index (χ1n) is 15.2. The van der Waals surface area contributed by atoms with Crippen molar-refractivity contribution in [3.05, 3.63) is 0 Å². The van der Waals surface area contributed by atoms with E-state index in [1.165, 1.54) is 153 Å². The van der Waals surface area contributed by atoms with Gasteiger partial charge >= 0.3 is 0 Å². The molecule has 0 aromatic heterocycles. The molecule has 2 atom stereocenters. The summed E-state index contributed by atoms with van der Waals surface area (Å²) in [5.74, 6) is 0. The van der Waals surface area contributed by atoms with Crippen molar-refractivity contribution in [3.63, 3.8) is 0 Å². The second-order valence-corrected chi connectivity index (χ2v) is 15.3. The van der Waals surface area contributed by atoms with Gasteiger partial charge in [-0.2, -0.15) is 0 Å².